The molecule has 5 nitrogen and oxygen atoms in total. The first-order valence-electron chi connectivity index (χ1n) is 5.65. The lowest BCUT2D eigenvalue weighted by Crippen LogP contribution is -2.31. The number of hydrogen-bond donors (Lipinski definition) is 3. The first kappa shape index (κ1) is 12.2. The number of aromatic hydroxyl groups is 1. The van der Waals surface area contributed by atoms with Gasteiger partial charge in [-0.25, -0.2) is 0 Å². The van der Waals surface area contributed by atoms with E-state index in [9.17, 15) is 14.7 Å². The normalized spacial score (nSPS) is 10.8. The summed E-state index contributed by atoms with van der Waals surface area (Å²) in [6.07, 6.45) is 0. The van der Waals surface area contributed by atoms with E-state index in [-0.39, 0.29) is 11.6 Å². The molecule has 0 aliphatic rings. The quantitative estimate of drug-likeness (QED) is 0.748. The van der Waals surface area contributed by atoms with Gasteiger partial charge < -0.3 is 15.4 Å². The molecule has 0 radical (unpaired) electrons. The number of amides is 1. The minimum atomic E-state index is -0.664. The van der Waals surface area contributed by atoms with Gasteiger partial charge in [-0.2, -0.15) is 0 Å². The molecule has 0 bridgehead atoms. The number of H-pyrrole nitrogens is 1. The molecule has 0 saturated carbocycles. The van der Waals surface area contributed by atoms with Crippen LogP contribution in [0.4, 0.5) is 0 Å². The van der Waals surface area contributed by atoms with Crippen molar-refractivity contribution < 1.29 is 9.90 Å². The molecule has 0 unspecified atom stereocenters. The number of aromatic amines is 1. The zero-order valence-electron chi connectivity index (χ0n) is 10.2. The maximum atomic E-state index is 12.0. The Hall–Kier alpha value is -2.30. The Morgan fingerprint density at radius 2 is 2.00 bits per heavy atom. The summed E-state index contributed by atoms with van der Waals surface area (Å²) in [5, 5.41) is 13.0. The van der Waals surface area contributed by atoms with Gasteiger partial charge in [-0.05, 0) is 19.9 Å². The minimum absolute atomic E-state index is 0.0167. The highest BCUT2D eigenvalue weighted by molar-refractivity contribution is 6.08. The third kappa shape index (κ3) is 2.07. The van der Waals surface area contributed by atoms with Crippen LogP contribution in [0.25, 0.3) is 10.9 Å². The van der Waals surface area contributed by atoms with Crippen LogP contribution in [0, 0.1) is 0 Å². The fourth-order valence-electron chi connectivity index (χ4n) is 1.80. The van der Waals surface area contributed by atoms with Crippen LogP contribution in [0.3, 0.4) is 0 Å². The SMILES string of the molecule is CC(C)NC(=O)c1c(O)c(=O)[nH]c2ccccc12. The molecule has 1 amide bonds. The third-order valence-electron chi connectivity index (χ3n) is 2.54. The molecular weight excluding hydrogens is 232 g/mol. The van der Waals surface area contributed by atoms with Gasteiger partial charge in [0.15, 0.2) is 5.75 Å². The summed E-state index contributed by atoms with van der Waals surface area (Å²) in [6.45, 7) is 3.62. The van der Waals surface area contributed by atoms with Crippen molar-refractivity contribution >= 4 is 16.8 Å². The molecule has 94 valence electrons. The molecule has 3 N–H and O–H groups in total. The second-order valence-electron chi connectivity index (χ2n) is 4.35. The van der Waals surface area contributed by atoms with Crippen molar-refractivity contribution in [2.24, 2.45) is 0 Å². The van der Waals surface area contributed by atoms with E-state index in [2.05, 4.69) is 10.3 Å². The van der Waals surface area contributed by atoms with Crippen LogP contribution in [0.2, 0.25) is 0 Å². The molecule has 0 aliphatic heterocycles. The van der Waals surface area contributed by atoms with Gasteiger partial charge >= 0.3 is 0 Å². The van der Waals surface area contributed by atoms with Crippen molar-refractivity contribution in [1.82, 2.24) is 10.3 Å². The maximum absolute atomic E-state index is 12.0. The molecule has 2 aromatic rings. The summed E-state index contributed by atoms with van der Waals surface area (Å²) in [4.78, 5) is 26.1. The summed E-state index contributed by atoms with van der Waals surface area (Å²) in [6, 6.07) is 6.78. The zero-order chi connectivity index (χ0) is 13.3. The summed E-state index contributed by atoms with van der Waals surface area (Å²) < 4.78 is 0. The van der Waals surface area contributed by atoms with Crippen LogP contribution in [0.15, 0.2) is 29.1 Å². The largest absolute Gasteiger partial charge is 0.502 e. The fourth-order valence-corrected chi connectivity index (χ4v) is 1.80. The summed E-state index contributed by atoms with van der Waals surface area (Å²) in [7, 11) is 0. The number of pyridine rings is 1. The highest BCUT2D eigenvalue weighted by atomic mass is 16.3. The molecule has 2 rings (SSSR count). The molecule has 0 atom stereocenters. The van der Waals surface area contributed by atoms with Crippen molar-refractivity contribution in [2.75, 3.05) is 0 Å². The Morgan fingerprint density at radius 1 is 1.33 bits per heavy atom. The van der Waals surface area contributed by atoms with Gasteiger partial charge in [0.25, 0.3) is 11.5 Å². The molecule has 0 fully saturated rings. The zero-order valence-corrected chi connectivity index (χ0v) is 10.2. The van der Waals surface area contributed by atoms with Gasteiger partial charge in [0, 0.05) is 16.9 Å². The highest BCUT2D eigenvalue weighted by Crippen LogP contribution is 2.21. The van der Waals surface area contributed by atoms with Crippen molar-refractivity contribution in [1.29, 1.82) is 0 Å². The van der Waals surface area contributed by atoms with Gasteiger partial charge in [-0.1, -0.05) is 18.2 Å². The summed E-state index contributed by atoms with van der Waals surface area (Å²) in [5.74, 6) is -1.00. The van der Waals surface area contributed by atoms with E-state index >= 15 is 0 Å². The van der Waals surface area contributed by atoms with Crippen LogP contribution in [0.5, 0.6) is 5.75 Å². The van der Waals surface area contributed by atoms with E-state index in [1.807, 2.05) is 13.8 Å². The molecule has 5 heteroatoms. The lowest BCUT2D eigenvalue weighted by Gasteiger charge is -2.11. The van der Waals surface area contributed by atoms with E-state index in [0.29, 0.717) is 10.9 Å². The number of carbonyl (C=O) groups is 1. The molecule has 0 spiro atoms. The van der Waals surface area contributed by atoms with Gasteiger partial charge in [0.2, 0.25) is 0 Å². The van der Waals surface area contributed by atoms with Crippen LogP contribution in [0.1, 0.15) is 24.2 Å². The number of carbonyl (C=O) groups excluding carboxylic acids is 1. The van der Waals surface area contributed by atoms with Crippen molar-refractivity contribution in [2.45, 2.75) is 19.9 Å². The van der Waals surface area contributed by atoms with Crippen LogP contribution < -0.4 is 10.9 Å². The first-order valence-corrected chi connectivity index (χ1v) is 5.65. The van der Waals surface area contributed by atoms with Crippen molar-refractivity contribution in [3.05, 3.63) is 40.2 Å². The van der Waals surface area contributed by atoms with Crippen LogP contribution >= 0.6 is 0 Å². The van der Waals surface area contributed by atoms with Crippen molar-refractivity contribution in [3.63, 3.8) is 0 Å². The summed E-state index contributed by atoms with van der Waals surface area (Å²) in [5.41, 5.74) is -0.125. The lowest BCUT2D eigenvalue weighted by molar-refractivity contribution is 0.0942. The number of para-hydroxylation sites is 1. The molecule has 0 aliphatic carbocycles. The Labute approximate surface area is 103 Å². The second kappa shape index (κ2) is 4.52. The lowest BCUT2D eigenvalue weighted by atomic mass is 10.1. The topological polar surface area (TPSA) is 82.2 Å². The number of benzene rings is 1. The fraction of sp³-hybridized carbons (Fsp3) is 0.231. The smallest absolute Gasteiger partial charge is 0.291 e. The second-order valence-corrected chi connectivity index (χ2v) is 4.35. The molecule has 1 heterocycles. The van der Waals surface area contributed by atoms with E-state index in [1.54, 1.807) is 24.3 Å². The molecular formula is C13H14N2O3. The number of rotatable bonds is 2. The highest BCUT2D eigenvalue weighted by Gasteiger charge is 2.18. The molecule has 18 heavy (non-hydrogen) atoms. The number of hydrogen-bond acceptors (Lipinski definition) is 3. The van der Waals surface area contributed by atoms with Gasteiger partial charge in [-0.3, -0.25) is 9.59 Å². The Bertz CT molecular complexity index is 659. The van der Waals surface area contributed by atoms with E-state index < -0.39 is 17.2 Å². The van der Waals surface area contributed by atoms with Gasteiger partial charge in [-0.15, -0.1) is 0 Å². The maximum Gasteiger partial charge on any atom is 0.291 e. The predicted molar refractivity (Wildman–Crippen MR) is 68.8 cm³/mol. The third-order valence-corrected chi connectivity index (χ3v) is 2.54. The molecule has 1 aromatic carbocycles. The summed E-state index contributed by atoms with van der Waals surface area (Å²) >= 11 is 0. The van der Waals surface area contributed by atoms with E-state index in [4.69, 9.17) is 0 Å². The Balaban J connectivity index is 2.71. The van der Waals surface area contributed by atoms with Crippen molar-refractivity contribution in [3.8, 4) is 5.75 Å². The average molecular weight is 246 g/mol. The Morgan fingerprint density at radius 3 is 2.67 bits per heavy atom. The minimum Gasteiger partial charge on any atom is -0.502 e. The standard InChI is InChI=1S/C13H14N2O3/c1-7(2)14-12(17)10-8-5-3-4-6-9(8)15-13(18)11(10)16/h3-7,16H,1-2H3,(H,14,17)(H,15,18). The monoisotopic (exact) mass is 246 g/mol. The average Bonchev–Trinajstić information content (AvgIpc) is 2.29. The number of fused-ring (bicyclic) bond motifs is 1. The van der Waals surface area contributed by atoms with E-state index in [1.165, 1.54) is 0 Å². The van der Waals surface area contributed by atoms with E-state index in [0.717, 1.165) is 0 Å². The number of aromatic nitrogens is 1. The van der Waals surface area contributed by atoms with Crippen LogP contribution in [-0.4, -0.2) is 22.0 Å². The molecule has 1 aromatic heterocycles. The molecule has 0 saturated heterocycles. The van der Waals surface area contributed by atoms with Gasteiger partial charge in [0.1, 0.15) is 0 Å². The first-order chi connectivity index (χ1) is 8.50. The van der Waals surface area contributed by atoms with Crippen LogP contribution in [-0.2, 0) is 0 Å². The Kier molecular flexibility index (Phi) is 3.06. The predicted octanol–water partition coefficient (Wildman–Crippen LogP) is 1.37. The van der Waals surface area contributed by atoms with Gasteiger partial charge in [0.05, 0.1) is 5.56 Å². The number of nitrogens with one attached hydrogen (secondary N) is 2.